The average molecular weight is 220 g/mol. The molecule has 0 atom stereocenters. The minimum Gasteiger partial charge on any atom is -0.312 e. The highest BCUT2D eigenvalue weighted by Gasteiger charge is 1.94. The van der Waals surface area contributed by atoms with Gasteiger partial charge in [0.1, 0.15) is 0 Å². The lowest BCUT2D eigenvalue weighted by Gasteiger charge is -2.03. The van der Waals surface area contributed by atoms with Crippen LogP contribution in [0.4, 0.5) is 0 Å². The Morgan fingerprint density at radius 3 is 2.67 bits per heavy atom. The normalized spacial score (nSPS) is 9.87. The van der Waals surface area contributed by atoms with Crippen molar-refractivity contribution in [2.24, 2.45) is 0 Å². The van der Waals surface area contributed by atoms with Gasteiger partial charge in [0, 0.05) is 24.4 Å². The van der Waals surface area contributed by atoms with Gasteiger partial charge < -0.3 is 5.32 Å². The van der Waals surface area contributed by atoms with E-state index in [1.807, 2.05) is 11.8 Å². The molecule has 0 aliphatic heterocycles. The molecule has 1 aromatic carbocycles. The Morgan fingerprint density at radius 1 is 1.33 bits per heavy atom. The van der Waals surface area contributed by atoms with Gasteiger partial charge in [0.25, 0.3) is 0 Å². The van der Waals surface area contributed by atoms with Gasteiger partial charge in [-0.25, -0.2) is 0 Å². The van der Waals surface area contributed by atoms with Crippen molar-refractivity contribution in [2.45, 2.75) is 24.8 Å². The van der Waals surface area contributed by atoms with E-state index in [0.29, 0.717) is 6.42 Å². The molecule has 15 heavy (non-hydrogen) atoms. The highest BCUT2D eigenvalue weighted by atomic mass is 32.2. The van der Waals surface area contributed by atoms with E-state index in [-0.39, 0.29) is 0 Å². The monoisotopic (exact) mass is 220 g/mol. The van der Waals surface area contributed by atoms with Crippen molar-refractivity contribution in [3.8, 4) is 6.07 Å². The van der Waals surface area contributed by atoms with Crippen LogP contribution in [0.25, 0.3) is 0 Å². The van der Waals surface area contributed by atoms with Crippen LogP contribution in [0, 0.1) is 11.3 Å². The molecule has 0 aromatic heterocycles. The molecule has 80 valence electrons. The maximum absolute atomic E-state index is 8.37. The molecule has 0 aliphatic carbocycles. The predicted molar refractivity (Wildman–Crippen MR) is 64.8 cm³/mol. The third-order valence-corrected chi connectivity index (χ3v) is 2.87. The molecule has 0 aliphatic rings. The van der Waals surface area contributed by atoms with Crippen molar-refractivity contribution in [1.82, 2.24) is 5.32 Å². The Labute approximate surface area is 95.7 Å². The van der Waals surface area contributed by atoms with Gasteiger partial charge in [-0.15, -0.1) is 11.8 Å². The Balaban J connectivity index is 2.33. The van der Waals surface area contributed by atoms with Gasteiger partial charge in [0.05, 0.1) is 6.07 Å². The van der Waals surface area contributed by atoms with Crippen LogP contribution in [-0.4, -0.2) is 12.3 Å². The molecule has 1 rings (SSSR count). The van der Waals surface area contributed by atoms with Crippen molar-refractivity contribution in [2.75, 3.05) is 12.3 Å². The molecule has 0 saturated heterocycles. The lowest BCUT2D eigenvalue weighted by Crippen LogP contribution is -2.13. The summed E-state index contributed by atoms with van der Waals surface area (Å²) in [6, 6.07) is 10.7. The van der Waals surface area contributed by atoms with Crippen LogP contribution >= 0.6 is 11.8 Å². The van der Waals surface area contributed by atoms with E-state index in [1.54, 1.807) is 0 Å². The molecule has 1 aromatic rings. The number of hydrogen-bond donors (Lipinski definition) is 1. The molecule has 0 bridgehead atoms. The van der Waals surface area contributed by atoms with Gasteiger partial charge in [-0.05, 0) is 23.4 Å². The van der Waals surface area contributed by atoms with E-state index in [2.05, 4.69) is 42.6 Å². The van der Waals surface area contributed by atoms with Gasteiger partial charge >= 0.3 is 0 Å². The van der Waals surface area contributed by atoms with Crippen LogP contribution < -0.4 is 5.32 Å². The quantitative estimate of drug-likeness (QED) is 0.591. The number of nitrogens with zero attached hydrogens (tertiary/aromatic N) is 1. The zero-order valence-electron chi connectivity index (χ0n) is 8.99. The minimum absolute atomic E-state index is 0.573. The number of hydrogen-bond acceptors (Lipinski definition) is 3. The Kier molecular flexibility index (Phi) is 5.91. The summed E-state index contributed by atoms with van der Waals surface area (Å²) in [5.74, 6) is 1.11. The van der Waals surface area contributed by atoms with Gasteiger partial charge in [-0.2, -0.15) is 5.26 Å². The lowest BCUT2D eigenvalue weighted by molar-refractivity contribution is 0.698. The smallest absolute Gasteiger partial charge is 0.0635 e. The summed E-state index contributed by atoms with van der Waals surface area (Å²) >= 11 is 1.85. The zero-order valence-corrected chi connectivity index (χ0v) is 9.81. The topological polar surface area (TPSA) is 35.8 Å². The fourth-order valence-corrected chi connectivity index (χ4v) is 1.91. The SMILES string of the molecule is CCSc1ccc(CNCCC#N)cc1. The number of nitriles is 1. The first-order chi connectivity index (χ1) is 7.36. The second-order valence-electron chi connectivity index (χ2n) is 3.16. The van der Waals surface area contributed by atoms with Crippen LogP contribution in [0.2, 0.25) is 0 Å². The zero-order chi connectivity index (χ0) is 10.9. The molecule has 0 amide bonds. The first-order valence-electron chi connectivity index (χ1n) is 5.16. The highest BCUT2D eigenvalue weighted by Crippen LogP contribution is 2.17. The molecule has 0 unspecified atom stereocenters. The summed E-state index contributed by atoms with van der Waals surface area (Å²) in [6.45, 7) is 3.77. The minimum atomic E-state index is 0.573. The standard InChI is InChI=1S/C12H16N2S/c1-2-15-12-6-4-11(5-7-12)10-14-9-3-8-13/h4-7,14H,2-3,9-10H2,1H3. The Bertz CT molecular complexity index is 313. The second-order valence-corrected chi connectivity index (χ2v) is 4.50. The predicted octanol–water partition coefficient (Wildman–Crippen LogP) is 2.80. The van der Waals surface area contributed by atoms with E-state index in [9.17, 15) is 0 Å². The summed E-state index contributed by atoms with van der Waals surface area (Å²) in [6.07, 6.45) is 0.573. The van der Waals surface area contributed by atoms with Crippen LogP contribution in [0.5, 0.6) is 0 Å². The second kappa shape index (κ2) is 7.33. The van der Waals surface area contributed by atoms with Crippen LogP contribution in [0.3, 0.4) is 0 Å². The highest BCUT2D eigenvalue weighted by molar-refractivity contribution is 7.99. The molecule has 0 radical (unpaired) electrons. The maximum Gasteiger partial charge on any atom is 0.0635 e. The summed E-state index contributed by atoms with van der Waals surface area (Å²) in [5.41, 5.74) is 1.27. The van der Waals surface area contributed by atoms with Crippen LogP contribution in [-0.2, 0) is 6.54 Å². The maximum atomic E-state index is 8.37. The first-order valence-corrected chi connectivity index (χ1v) is 6.14. The molecular formula is C12H16N2S. The van der Waals surface area contributed by atoms with E-state index in [1.165, 1.54) is 10.5 Å². The fourth-order valence-electron chi connectivity index (χ4n) is 1.25. The Hall–Kier alpha value is -0.980. The third-order valence-electron chi connectivity index (χ3n) is 1.98. The summed E-state index contributed by atoms with van der Waals surface area (Å²) in [7, 11) is 0. The molecule has 3 heteroatoms. The molecule has 0 heterocycles. The van der Waals surface area contributed by atoms with Crippen molar-refractivity contribution < 1.29 is 0 Å². The number of rotatable bonds is 6. The first kappa shape index (κ1) is 12.1. The number of nitrogens with one attached hydrogen (secondary N) is 1. The Morgan fingerprint density at radius 2 is 2.07 bits per heavy atom. The largest absolute Gasteiger partial charge is 0.312 e. The average Bonchev–Trinajstić information content (AvgIpc) is 2.27. The van der Waals surface area contributed by atoms with Crippen LogP contribution in [0.15, 0.2) is 29.2 Å². The molecule has 2 nitrogen and oxygen atoms in total. The number of thioether (sulfide) groups is 1. The van der Waals surface area contributed by atoms with Gasteiger partial charge in [0.15, 0.2) is 0 Å². The van der Waals surface area contributed by atoms with Crippen LogP contribution in [0.1, 0.15) is 18.9 Å². The van der Waals surface area contributed by atoms with Gasteiger partial charge in [-0.1, -0.05) is 19.1 Å². The van der Waals surface area contributed by atoms with E-state index in [4.69, 9.17) is 5.26 Å². The fraction of sp³-hybridized carbons (Fsp3) is 0.417. The summed E-state index contributed by atoms with van der Waals surface area (Å²) in [4.78, 5) is 1.32. The van der Waals surface area contributed by atoms with E-state index in [0.717, 1.165) is 18.8 Å². The molecule has 1 N–H and O–H groups in total. The molecule has 0 saturated carbocycles. The summed E-state index contributed by atoms with van der Waals surface area (Å²) < 4.78 is 0. The summed E-state index contributed by atoms with van der Waals surface area (Å²) in [5, 5.41) is 11.6. The molecular weight excluding hydrogens is 204 g/mol. The van der Waals surface area contributed by atoms with Crippen molar-refractivity contribution in [3.05, 3.63) is 29.8 Å². The van der Waals surface area contributed by atoms with Crippen molar-refractivity contribution in [3.63, 3.8) is 0 Å². The van der Waals surface area contributed by atoms with Crippen molar-refractivity contribution >= 4 is 11.8 Å². The molecule has 0 fully saturated rings. The number of benzene rings is 1. The molecule has 0 spiro atoms. The van der Waals surface area contributed by atoms with Gasteiger partial charge in [-0.3, -0.25) is 0 Å². The van der Waals surface area contributed by atoms with Gasteiger partial charge in [0.2, 0.25) is 0 Å². The van der Waals surface area contributed by atoms with Crippen molar-refractivity contribution in [1.29, 1.82) is 5.26 Å². The van der Waals surface area contributed by atoms with E-state index >= 15 is 0 Å². The lowest BCUT2D eigenvalue weighted by atomic mass is 10.2. The third kappa shape index (κ3) is 4.87. The van der Waals surface area contributed by atoms with E-state index < -0.39 is 0 Å².